The zero-order valence-corrected chi connectivity index (χ0v) is 24.2. The first-order valence-electron chi connectivity index (χ1n) is 9.90. The molecule has 37 heavy (non-hydrogen) atoms. The van der Waals surface area contributed by atoms with Crippen molar-refractivity contribution in [3.8, 4) is 0 Å². The summed E-state index contributed by atoms with van der Waals surface area (Å²) in [5, 5.41) is 20.0. The third kappa shape index (κ3) is 16.3. The van der Waals surface area contributed by atoms with E-state index in [2.05, 4.69) is 9.97 Å². The van der Waals surface area contributed by atoms with Crippen molar-refractivity contribution < 1.29 is 68.0 Å². The molecule has 2 aromatic rings. The van der Waals surface area contributed by atoms with Crippen LogP contribution in [-0.4, -0.2) is 65.7 Å². The zero-order valence-electron chi connectivity index (χ0n) is 21.2. The molecule has 0 amide bonds. The van der Waals surface area contributed by atoms with Gasteiger partial charge >= 0.3 is 19.5 Å². The molecule has 15 heteroatoms. The molecule has 0 aromatic carbocycles. The first-order valence-corrected chi connectivity index (χ1v) is 9.90. The fourth-order valence-corrected chi connectivity index (χ4v) is 2.20. The molecule has 2 heterocycles. The van der Waals surface area contributed by atoms with Gasteiger partial charge in [0.15, 0.2) is 11.6 Å². The molecule has 0 saturated carbocycles. The normalized spacial score (nSPS) is 9.08. The van der Waals surface area contributed by atoms with E-state index in [0.29, 0.717) is 0 Å². The Morgan fingerprint density at radius 1 is 0.595 bits per heavy atom. The van der Waals surface area contributed by atoms with Crippen LogP contribution >= 0.6 is 0 Å². The topological polar surface area (TPSA) is 218 Å². The second-order valence-electron chi connectivity index (χ2n) is 7.07. The van der Waals surface area contributed by atoms with E-state index in [1.165, 1.54) is 0 Å². The SMILES string of the molecule is CC(=O)C(C(C)=O)C(=O)C(=O)[O-].CC(=O)C(C(C)=O)C(=O)C(=O)[O-].Cn1ccnc1.Cn1ccnc1.[Zn+2]. The van der Waals surface area contributed by atoms with E-state index in [-0.39, 0.29) is 19.5 Å². The molecule has 0 bridgehead atoms. The molecule has 196 valence electrons. The Balaban J connectivity index is -0.000000431. The Hall–Kier alpha value is -4.00. The van der Waals surface area contributed by atoms with Crippen LogP contribution in [0.15, 0.2) is 37.4 Å². The van der Waals surface area contributed by atoms with E-state index in [1.807, 2.05) is 35.6 Å². The van der Waals surface area contributed by atoms with Crippen molar-refractivity contribution in [2.24, 2.45) is 25.9 Å². The van der Waals surface area contributed by atoms with E-state index in [1.54, 1.807) is 25.0 Å². The number of Topliss-reactive ketones (excluding diaryl/α,β-unsaturated/α-hetero) is 6. The summed E-state index contributed by atoms with van der Waals surface area (Å²) in [6.45, 7) is 3.92. The summed E-state index contributed by atoms with van der Waals surface area (Å²) in [7, 11) is 3.88. The van der Waals surface area contributed by atoms with Gasteiger partial charge in [-0.15, -0.1) is 0 Å². The number of hydrogen-bond acceptors (Lipinski definition) is 12. The van der Waals surface area contributed by atoms with Gasteiger partial charge in [-0.2, -0.15) is 0 Å². The van der Waals surface area contributed by atoms with Crippen LogP contribution in [0.25, 0.3) is 0 Å². The summed E-state index contributed by atoms with van der Waals surface area (Å²) in [5.41, 5.74) is 0. The number of rotatable bonds is 8. The molecule has 0 fully saturated rings. The van der Waals surface area contributed by atoms with Gasteiger partial charge in [0.05, 0.1) is 12.7 Å². The second kappa shape index (κ2) is 19.2. The summed E-state index contributed by atoms with van der Waals surface area (Å²) in [5.74, 6) is -13.5. The Kier molecular flexibility index (Phi) is 19.5. The van der Waals surface area contributed by atoms with Gasteiger partial charge in [0, 0.05) is 38.9 Å². The van der Waals surface area contributed by atoms with E-state index in [9.17, 15) is 48.6 Å². The average molecular weight is 572 g/mol. The van der Waals surface area contributed by atoms with Gasteiger partial charge in [-0.25, -0.2) is 9.97 Å². The van der Waals surface area contributed by atoms with E-state index >= 15 is 0 Å². The number of carboxylic acids is 2. The predicted octanol–water partition coefficient (Wildman–Crippen LogP) is -2.96. The van der Waals surface area contributed by atoms with E-state index < -0.39 is 58.5 Å². The van der Waals surface area contributed by atoms with Crippen LogP contribution in [0.3, 0.4) is 0 Å². The molecule has 2 aromatic heterocycles. The van der Waals surface area contributed by atoms with E-state index in [4.69, 9.17) is 0 Å². The van der Waals surface area contributed by atoms with Gasteiger partial charge < -0.3 is 28.9 Å². The molecule has 2 rings (SSSR count). The molecule has 0 N–H and O–H groups in total. The zero-order chi connectivity index (χ0) is 28.6. The second-order valence-corrected chi connectivity index (χ2v) is 7.07. The maximum Gasteiger partial charge on any atom is 2.00 e. The number of nitrogens with zero attached hydrogens (tertiary/aromatic N) is 4. The molecule has 0 saturated heterocycles. The minimum Gasteiger partial charge on any atom is -0.542 e. The van der Waals surface area contributed by atoms with Crippen LogP contribution in [0.4, 0.5) is 0 Å². The number of carboxylic acid groups (broad SMARTS) is 2. The quantitative estimate of drug-likeness (QED) is 0.176. The monoisotopic (exact) mass is 570 g/mol. The number of hydrogen-bond donors (Lipinski definition) is 0. The number of ketones is 6. The van der Waals surface area contributed by atoms with Crippen molar-refractivity contribution in [2.75, 3.05) is 0 Å². The van der Waals surface area contributed by atoms with Crippen LogP contribution in [0, 0.1) is 11.8 Å². The first-order chi connectivity index (χ1) is 16.5. The van der Waals surface area contributed by atoms with Gasteiger partial charge in [-0.05, 0) is 27.7 Å². The van der Waals surface area contributed by atoms with E-state index in [0.717, 1.165) is 27.7 Å². The maximum atomic E-state index is 10.6. The van der Waals surface area contributed by atoms with Crippen LogP contribution in [0.5, 0.6) is 0 Å². The molecule has 14 nitrogen and oxygen atoms in total. The van der Waals surface area contributed by atoms with Crippen LogP contribution in [-0.2, 0) is 71.9 Å². The van der Waals surface area contributed by atoms with Crippen molar-refractivity contribution >= 4 is 46.6 Å². The Labute approximate surface area is 224 Å². The van der Waals surface area contributed by atoms with Crippen LogP contribution in [0.1, 0.15) is 27.7 Å². The van der Waals surface area contributed by atoms with Gasteiger partial charge in [-0.3, -0.25) is 28.8 Å². The summed E-state index contributed by atoms with van der Waals surface area (Å²) in [6.07, 6.45) is 10.8. The third-order valence-electron chi connectivity index (χ3n) is 3.83. The Morgan fingerprint density at radius 2 is 0.838 bits per heavy atom. The third-order valence-corrected chi connectivity index (χ3v) is 3.83. The van der Waals surface area contributed by atoms with Crippen molar-refractivity contribution in [3.63, 3.8) is 0 Å². The molecule has 0 atom stereocenters. The summed E-state index contributed by atoms with van der Waals surface area (Å²) >= 11 is 0. The molecule has 0 aliphatic carbocycles. The van der Waals surface area contributed by atoms with Gasteiger partial charge in [0.1, 0.15) is 46.9 Å². The summed E-state index contributed by atoms with van der Waals surface area (Å²) in [4.78, 5) is 91.2. The minimum atomic E-state index is -2.01. The fourth-order valence-electron chi connectivity index (χ4n) is 2.20. The molecular weight excluding hydrogens is 546 g/mol. The molecule has 0 radical (unpaired) electrons. The Morgan fingerprint density at radius 3 is 0.892 bits per heavy atom. The van der Waals surface area contributed by atoms with Crippen molar-refractivity contribution in [3.05, 3.63) is 37.4 Å². The maximum absolute atomic E-state index is 10.6. The number of aliphatic carboxylic acids is 2. The average Bonchev–Trinajstić information content (AvgIpc) is 3.41. The van der Waals surface area contributed by atoms with Crippen LogP contribution < -0.4 is 10.2 Å². The van der Waals surface area contributed by atoms with Crippen molar-refractivity contribution in [2.45, 2.75) is 27.7 Å². The molecule has 0 aliphatic rings. The molecule has 0 spiro atoms. The number of carbonyl (C=O) groups is 8. The van der Waals surface area contributed by atoms with Gasteiger partial charge in [0.2, 0.25) is 0 Å². The fraction of sp³-hybridized carbons (Fsp3) is 0.364. The van der Waals surface area contributed by atoms with Crippen molar-refractivity contribution in [1.29, 1.82) is 0 Å². The standard InChI is InChI=1S/2C7H8O5.2C4H6N2.Zn/c2*1-3(8)5(4(2)9)6(10)7(11)12;2*1-6-3-2-5-4-6;/h2*5H,1-2H3,(H,11,12);2*2-4H,1H3;/q;;;;+2/p-2. The minimum absolute atomic E-state index is 0. The number of aromatic nitrogens is 4. The van der Waals surface area contributed by atoms with Crippen molar-refractivity contribution in [1.82, 2.24) is 19.1 Å². The number of imidazole rings is 2. The summed E-state index contributed by atoms with van der Waals surface area (Å²) in [6, 6.07) is 0. The molecular formula is C22H26N4O10Zn. The Bertz CT molecular complexity index is 965. The number of aryl methyl sites for hydroxylation is 2. The smallest absolute Gasteiger partial charge is 0.542 e. The van der Waals surface area contributed by atoms with Gasteiger partial charge in [-0.1, -0.05) is 0 Å². The van der Waals surface area contributed by atoms with Crippen LogP contribution in [0.2, 0.25) is 0 Å². The first kappa shape index (κ1) is 37.5. The number of carbonyl (C=O) groups excluding carboxylic acids is 8. The predicted molar refractivity (Wildman–Crippen MR) is 116 cm³/mol. The molecule has 0 unspecified atom stereocenters. The van der Waals surface area contributed by atoms with Gasteiger partial charge in [0.25, 0.3) is 0 Å². The molecule has 0 aliphatic heterocycles. The largest absolute Gasteiger partial charge is 2.00 e. The summed E-state index contributed by atoms with van der Waals surface area (Å²) < 4.78 is 3.78.